The van der Waals surface area contributed by atoms with Crippen LogP contribution in [0.3, 0.4) is 0 Å². The minimum Gasteiger partial charge on any atom is -0.490 e. The van der Waals surface area contributed by atoms with Crippen LogP contribution >= 0.6 is 0 Å². The van der Waals surface area contributed by atoms with Crippen LogP contribution in [0.25, 0.3) is 0 Å². The molecule has 0 fully saturated rings. The summed E-state index contributed by atoms with van der Waals surface area (Å²) in [6, 6.07) is 12.7. The van der Waals surface area contributed by atoms with Gasteiger partial charge >= 0.3 is 12.0 Å². The van der Waals surface area contributed by atoms with E-state index in [9.17, 15) is 14.7 Å². The van der Waals surface area contributed by atoms with Crippen LogP contribution in [0, 0.1) is 11.3 Å². The minimum atomic E-state index is -1.16. The SMILES string of the molecule is CCOc1cc([C@H]2NC(=O)NC(C)=C2C(=O)OC)ccc1OC[C@@H](O)N/N=C\c1ccccc1OCC#N. The number of carbonyl (C=O) groups is 2. The number of allylic oxidation sites excluding steroid dienone is 1. The van der Waals surface area contributed by atoms with Gasteiger partial charge in [0.25, 0.3) is 0 Å². The van der Waals surface area contributed by atoms with Crippen molar-refractivity contribution < 1.29 is 33.6 Å². The highest BCUT2D eigenvalue weighted by molar-refractivity contribution is 5.95. The fourth-order valence-corrected chi connectivity index (χ4v) is 3.64. The molecule has 0 radical (unpaired) electrons. The van der Waals surface area contributed by atoms with E-state index in [1.165, 1.54) is 13.3 Å². The minimum absolute atomic E-state index is 0.0976. The maximum absolute atomic E-state index is 12.4. The normalized spacial score (nSPS) is 15.7. The third-order valence-electron chi connectivity index (χ3n) is 5.31. The topological polar surface area (TPSA) is 164 Å². The molecule has 4 N–H and O–H groups in total. The first-order valence-electron chi connectivity index (χ1n) is 11.7. The monoisotopic (exact) mass is 523 g/mol. The van der Waals surface area contributed by atoms with Gasteiger partial charge in [-0.2, -0.15) is 10.4 Å². The predicted octanol–water partition coefficient (Wildman–Crippen LogP) is 2.11. The van der Waals surface area contributed by atoms with Gasteiger partial charge in [0.1, 0.15) is 18.4 Å². The molecule has 2 atom stereocenters. The molecule has 2 amide bonds. The molecule has 1 aliphatic rings. The summed E-state index contributed by atoms with van der Waals surface area (Å²) in [5, 5.41) is 28.3. The summed E-state index contributed by atoms with van der Waals surface area (Å²) in [6.07, 6.45) is 0.297. The van der Waals surface area contributed by atoms with E-state index >= 15 is 0 Å². The van der Waals surface area contributed by atoms with E-state index in [0.29, 0.717) is 40.7 Å². The van der Waals surface area contributed by atoms with Crippen molar-refractivity contribution in [2.75, 3.05) is 26.9 Å². The number of benzene rings is 2. The van der Waals surface area contributed by atoms with E-state index in [-0.39, 0.29) is 18.8 Å². The molecule has 0 unspecified atom stereocenters. The van der Waals surface area contributed by atoms with Gasteiger partial charge in [0.05, 0.1) is 31.5 Å². The van der Waals surface area contributed by atoms with Gasteiger partial charge in [-0.1, -0.05) is 18.2 Å². The van der Waals surface area contributed by atoms with Crippen LogP contribution < -0.4 is 30.3 Å². The fraction of sp³-hybridized carbons (Fsp3) is 0.308. The van der Waals surface area contributed by atoms with Crippen LogP contribution in [0.1, 0.15) is 31.0 Å². The molecule has 2 aromatic rings. The molecule has 1 heterocycles. The molecule has 0 saturated carbocycles. The van der Waals surface area contributed by atoms with Gasteiger partial charge in [-0.05, 0) is 43.7 Å². The molecule has 3 rings (SSSR count). The number of hydrogen-bond acceptors (Lipinski definition) is 10. The van der Waals surface area contributed by atoms with Crippen molar-refractivity contribution in [3.05, 3.63) is 64.9 Å². The van der Waals surface area contributed by atoms with Gasteiger partial charge in [0.15, 0.2) is 24.3 Å². The third-order valence-corrected chi connectivity index (χ3v) is 5.31. The number of aliphatic hydroxyl groups is 1. The van der Waals surface area contributed by atoms with Gasteiger partial charge in [-0.3, -0.25) is 5.43 Å². The first-order valence-corrected chi connectivity index (χ1v) is 11.7. The van der Waals surface area contributed by atoms with Crippen molar-refractivity contribution in [3.63, 3.8) is 0 Å². The molecule has 0 aromatic heterocycles. The number of nitrogens with one attached hydrogen (secondary N) is 3. The highest BCUT2D eigenvalue weighted by Crippen LogP contribution is 2.34. The zero-order valence-electron chi connectivity index (χ0n) is 21.2. The lowest BCUT2D eigenvalue weighted by molar-refractivity contribution is -0.136. The zero-order chi connectivity index (χ0) is 27.5. The molecule has 38 heavy (non-hydrogen) atoms. The molecule has 0 bridgehead atoms. The van der Waals surface area contributed by atoms with E-state index < -0.39 is 24.3 Å². The molecule has 12 nitrogen and oxygen atoms in total. The Labute approximate surface area is 219 Å². The van der Waals surface area contributed by atoms with Crippen LogP contribution in [-0.4, -0.2) is 56.5 Å². The molecule has 1 aliphatic heterocycles. The number of rotatable bonds is 12. The number of ether oxygens (including phenoxy) is 4. The number of amides is 2. The fourth-order valence-electron chi connectivity index (χ4n) is 3.64. The largest absolute Gasteiger partial charge is 0.490 e. The Hall–Kier alpha value is -4.76. The van der Waals surface area contributed by atoms with Crippen LogP contribution in [0.15, 0.2) is 58.8 Å². The van der Waals surface area contributed by atoms with E-state index in [4.69, 9.17) is 24.2 Å². The molecular formula is C26H29N5O7. The maximum atomic E-state index is 12.4. The van der Waals surface area contributed by atoms with Crippen LogP contribution in [-0.2, 0) is 9.53 Å². The van der Waals surface area contributed by atoms with Crippen molar-refractivity contribution in [2.45, 2.75) is 26.1 Å². The number of carbonyl (C=O) groups excluding carboxylic acids is 2. The number of nitriles is 1. The van der Waals surface area contributed by atoms with E-state index in [1.807, 2.05) is 6.07 Å². The summed E-state index contributed by atoms with van der Waals surface area (Å²) in [4.78, 5) is 24.5. The number of nitrogens with zero attached hydrogens (tertiary/aromatic N) is 2. The first-order chi connectivity index (χ1) is 18.4. The lowest BCUT2D eigenvalue weighted by Gasteiger charge is -2.28. The standard InChI is InChI=1S/C26H29N5O7/c1-4-36-21-13-17(24-23(25(33)35-3)16(2)29-26(34)30-24)9-10-20(21)38-15-22(32)31-28-14-18-7-5-6-8-19(18)37-12-11-27/h5-10,13-14,22,24,31-32H,4,12,15H2,1-3H3,(H2,29,30,34)/b28-14-/t22-,24-/m1/s1. The highest BCUT2D eigenvalue weighted by Gasteiger charge is 2.32. The van der Waals surface area contributed by atoms with Crippen molar-refractivity contribution in [1.82, 2.24) is 16.1 Å². The summed E-state index contributed by atoms with van der Waals surface area (Å²) >= 11 is 0. The number of aliphatic hydroxyl groups excluding tert-OH is 1. The Morgan fingerprint density at radius 1 is 1.21 bits per heavy atom. The van der Waals surface area contributed by atoms with Gasteiger partial charge in [0.2, 0.25) is 0 Å². The van der Waals surface area contributed by atoms with Crippen molar-refractivity contribution in [2.24, 2.45) is 5.10 Å². The quantitative estimate of drug-likeness (QED) is 0.141. The summed E-state index contributed by atoms with van der Waals surface area (Å²) in [5.41, 5.74) is 4.41. The smallest absolute Gasteiger partial charge is 0.337 e. The van der Waals surface area contributed by atoms with E-state index in [0.717, 1.165) is 0 Å². The van der Waals surface area contributed by atoms with Crippen LogP contribution in [0.5, 0.6) is 17.2 Å². The number of methoxy groups -OCH3 is 1. The first kappa shape index (κ1) is 27.8. The van der Waals surface area contributed by atoms with Crippen molar-refractivity contribution >= 4 is 18.2 Å². The summed E-state index contributed by atoms with van der Waals surface area (Å²) < 4.78 is 21.7. The Morgan fingerprint density at radius 2 is 2.00 bits per heavy atom. The van der Waals surface area contributed by atoms with E-state index in [1.54, 1.807) is 56.3 Å². The van der Waals surface area contributed by atoms with Gasteiger partial charge in [0, 0.05) is 11.3 Å². The summed E-state index contributed by atoms with van der Waals surface area (Å²) in [5.74, 6) is 0.611. The maximum Gasteiger partial charge on any atom is 0.337 e. The van der Waals surface area contributed by atoms with Crippen molar-refractivity contribution in [1.29, 1.82) is 5.26 Å². The molecular weight excluding hydrogens is 494 g/mol. The van der Waals surface area contributed by atoms with Gasteiger partial charge < -0.3 is 34.7 Å². The summed E-state index contributed by atoms with van der Waals surface area (Å²) in [6.45, 7) is 3.48. The summed E-state index contributed by atoms with van der Waals surface area (Å²) in [7, 11) is 1.27. The number of esters is 1. The third kappa shape index (κ3) is 7.14. The lowest BCUT2D eigenvalue weighted by atomic mass is 9.95. The van der Waals surface area contributed by atoms with Crippen molar-refractivity contribution in [3.8, 4) is 23.3 Å². The van der Waals surface area contributed by atoms with Gasteiger partial charge in [-0.15, -0.1) is 0 Å². The number of hydrogen-bond donors (Lipinski definition) is 4. The number of para-hydroxylation sites is 1. The Kier molecular flexibility index (Phi) is 9.90. The van der Waals surface area contributed by atoms with E-state index in [2.05, 4.69) is 21.2 Å². The molecule has 12 heteroatoms. The number of urea groups is 1. The lowest BCUT2D eigenvalue weighted by Crippen LogP contribution is -2.45. The second-order valence-electron chi connectivity index (χ2n) is 7.90. The Bertz CT molecular complexity index is 1250. The van der Waals surface area contributed by atoms with Gasteiger partial charge in [-0.25, -0.2) is 9.59 Å². The molecule has 200 valence electrons. The molecule has 0 aliphatic carbocycles. The second-order valence-corrected chi connectivity index (χ2v) is 7.90. The van der Waals surface area contributed by atoms with Crippen LogP contribution in [0.4, 0.5) is 4.79 Å². The molecule has 2 aromatic carbocycles. The Balaban J connectivity index is 1.69. The average Bonchev–Trinajstić information content (AvgIpc) is 2.91. The predicted molar refractivity (Wildman–Crippen MR) is 137 cm³/mol. The zero-order valence-corrected chi connectivity index (χ0v) is 21.2. The second kappa shape index (κ2) is 13.5. The molecule has 0 saturated heterocycles. The molecule has 0 spiro atoms. The van der Waals surface area contributed by atoms with Crippen LogP contribution in [0.2, 0.25) is 0 Å². The highest BCUT2D eigenvalue weighted by atomic mass is 16.5. The number of hydrazone groups is 1. The Morgan fingerprint density at radius 3 is 2.74 bits per heavy atom. The average molecular weight is 524 g/mol.